The lowest BCUT2D eigenvalue weighted by Gasteiger charge is -2.25. The van der Waals surface area contributed by atoms with Crippen molar-refractivity contribution >= 4 is 11.9 Å². The fourth-order valence-corrected chi connectivity index (χ4v) is 2.35. The number of rotatable bonds is 1. The van der Waals surface area contributed by atoms with Crippen molar-refractivity contribution in [2.45, 2.75) is 19.9 Å². The van der Waals surface area contributed by atoms with Crippen LogP contribution in [0.25, 0.3) is 0 Å². The first-order valence-corrected chi connectivity index (χ1v) is 6.23. The van der Waals surface area contributed by atoms with Crippen LogP contribution < -0.4 is 5.73 Å². The molecule has 0 saturated heterocycles. The first-order chi connectivity index (χ1) is 9.13. The topological polar surface area (TPSA) is 72.4 Å². The molecule has 1 aromatic heterocycles. The molecule has 0 atom stereocenters. The van der Waals surface area contributed by atoms with Gasteiger partial charge in [-0.2, -0.15) is 4.98 Å². The molecule has 5 nitrogen and oxygen atoms in total. The second kappa shape index (κ2) is 4.42. The number of carbonyl (C=O) groups excluding carboxylic acids is 1. The van der Waals surface area contributed by atoms with E-state index in [9.17, 15) is 4.79 Å². The average molecular weight is 257 g/mol. The minimum Gasteiger partial charge on any atom is -0.427 e. The molecule has 2 aromatic rings. The number of benzene rings is 1. The summed E-state index contributed by atoms with van der Waals surface area (Å²) >= 11 is 0. The van der Waals surface area contributed by atoms with Crippen LogP contribution in [0.5, 0.6) is 0 Å². The van der Waals surface area contributed by atoms with Gasteiger partial charge in [-0.1, -0.05) is 17.7 Å². The molecule has 0 aliphatic carbocycles. The summed E-state index contributed by atoms with van der Waals surface area (Å²) in [6.07, 6.45) is 0.688. The minimum absolute atomic E-state index is 0.0179. The van der Waals surface area contributed by atoms with E-state index >= 15 is 0 Å². The van der Waals surface area contributed by atoms with Gasteiger partial charge in [-0.3, -0.25) is 4.79 Å². The standard InChI is InChI=1S/C14H15N3O2/c1-9-3-2-4-10(7-9)13(18)17-6-5-11-12(8-17)19-14(15)16-11/h2-4,7H,5-6,8H2,1H3,(H2,15,16). The van der Waals surface area contributed by atoms with Gasteiger partial charge >= 0.3 is 0 Å². The van der Waals surface area contributed by atoms with Crippen LogP contribution in [0.4, 0.5) is 6.01 Å². The predicted molar refractivity (Wildman–Crippen MR) is 70.5 cm³/mol. The largest absolute Gasteiger partial charge is 0.427 e. The van der Waals surface area contributed by atoms with Crippen LogP contribution in [-0.4, -0.2) is 22.3 Å². The Balaban J connectivity index is 1.83. The van der Waals surface area contributed by atoms with Crippen molar-refractivity contribution in [1.82, 2.24) is 9.88 Å². The Labute approximate surface area is 111 Å². The van der Waals surface area contributed by atoms with E-state index in [1.807, 2.05) is 31.2 Å². The lowest BCUT2D eigenvalue weighted by molar-refractivity contribution is 0.0720. The van der Waals surface area contributed by atoms with Gasteiger partial charge in [0.2, 0.25) is 0 Å². The summed E-state index contributed by atoms with van der Waals surface area (Å²) in [7, 11) is 0. The summed E-state index contributed by atoms with van der Waals surface area (Å²) in [4.78, 5) is 18.3. The Morgan fingerprint density at radius 2 is 2.32 bits per heavy atom. The van der Waals surface area contributed by atoms with Crippen molar-refractivity contribution in [3.05, 3.63) is 46.8 Å². The molecule has 3 rings (SSSR count). The van der Waals surface area contributed by atoms with Crippen molar-refractivity contribution in [3.63, 3.8) is 0 Å². The number of anilines is 1. The third-order valence-electron chi connectivity index (χ3n) is 3.30. The Morgan fingerprint density at radius 3 is 3.11 bits per heavy atom. The Morgan fingerprint density at radius 1 is 1.47 bits per heavy atom. The second-order valence-electron chi connectivity index (χ2n) is 4.77. The zero-order chi connectivity index (χ0) is 13.4. The zero-order valence-electron chi connectivity index (χ0n) is 10.7. The van der Waals surface area contributed by atoms with E-state index in [4.69, 9.17) is 10.2 Å². The van der Waals surface area contributed by atoms with Crippen molar-refractivity contribution in [2.24, 2.45) is 0 Å². The quantitative estimate of drug-likeness (QED) is 0.845. The number of fused-ring (bicyclic) bond motifs is 1. The van der Waals surface area contributed by atoms with Crippen molar-refractivity contribution in [3.8, 4) is 0 Å². The van der Waals surface area contributed by atoms with Gasteiger partial charge in [0.05, 0.1) is 12.2 Å². The van der Waals surface area contributed by atoms with Gasteiger partial charge in [-0.05, 0) is 19.1 Å². The van der Waals surface area contributed by atoms with Gasteiger partial charge in [-0.15, -0.1) is 0 Å². The van der Waals surface area contributed by atoms with E-state index in [0.717, 1.165) is 11.3 Å². The van der Waals surface area contributed by atoms with E-state index in [-0.39, 0.29) is 11.9 Å². The predicted octanol–water partition coefficient (Wildman–Crippen LogP) is 1.76. The van der Waals surface area contributed by atoms with Crippen molar-refractivity contribution in [1.29, 1.82) is 0 Å². The first-order valence-electron chi connectivity index (χ1n) is 6.23. The molecule has 0 saturated carbocycles. The number of nitrogen functional groups attached to an aromatic ring is 1. The first kappa shape index (κ1) is 11.8. The highest BCUT2D eigenvalue weighted by molar-refractivity contribution is 5.94. The minimum atomic E-state index is 0.0179. The van der Waals surface area contributed by atoms with Crippen LogP contribution in [0.15, 0.2) is 28.7 Å². The van der Waals surface area contributed by atoms with Gasteiger partial charge in [0.1, 0.15) is 5.76 Å². The van der Waals surface area contributed by atoms with Gasteiger partial charge < -0.3 is 15.1 Å². The normalized spacial score (nSPS) is 14.3. The molecule has 0 radical (unpaired) electrons. The van der Waals surface area contributed by atoms with Crippen LogP contribution in [-0.2, 0) is 13.0 Å². The number of aromatic nitrogens is 1. The average Bonchev–Trinajstić information content (AvgIpc) is 2.76. The highest BCUT2D eigenvalue weighted by Gasteiger charge is 2.25. The second-order valence-corrected chi connectivity index (χ2v) is 4.77. The molecule has 1 amide bonds. The van der Waals surface area contributed by atoms with E-state index in [1.165, 1.54) is 0 Å². The lowest BCUT2D eigenvalue weighted by atomic mass is 10.1. The molecular formula is C14H15N3O2. The van der Waals surface area contributed by atoms with Crippen molar-refractivity contribution in [2.75, 3.05) is 12.3 Å². The molecule has 1 aliphatic rings. The summed E-state index contributed by atoms with van der Waals surface area (Å²) < 4.78 is 5.32. The maximum absolute atomic E-state index is 12.4. The number of oxazole rings is 1. The molecule has 2 N–H and O–H groups in total. The third kappa shape index (κ3) is 2.19. The molecule has 1 aromatic carbocycles. The van der Waals surface area contributed by atoms with Gasteiger partial charge in [0.25, 0.3) is 11.9 Å². The smallest absolute Gasteiger partial charge is 0.292 e. The summed E-state index contributed by atoms with van der Waals surface area (Å²) in [5.74, 6) is 0.717. The number of nitrogens with two attached hydrogens (primary N) is 1. The number of aryl methyl sites for hydroxylation is 1. The van der Waals surface area contributed by atoms with Crippen LogP contribution in [0.1, 0.15) is 27.4 Å². The van der Waals surface area contributed by atoms with Gasteiger partial charge in [0.15, 0.2) is 0 Å². The molecule has 0 bridgehead atoms. The summed E-state index contributed by atoms with van der Waals surface area (Å²) in [6.45, 7) is 3.06. The van der Waals surface area contributed by atoms with Gasteiger partial charge in [-0.25, -0.2) is 0 Å². The SMILES string of the molecule is Cc1cccc(C(=O)N2CCc3nc(N)oc3C2)c1. The van der Waals surface area contributed by atoms with E-state index in [0.29, 0.717) is 30.8 Å². The number of carbonyl (C=O) groups is 1. The molecular weight excluding hydrogens is 242 g/mol. The fraction of sp³-hybridized carbons (Fsp3) is 0.286. The van der Waals surface area contributed by atoms with E-state index in [2.05, 4.69) is 4.98 Å². The molecule has 2 heterocycles. The Kier molecular flexibility index (Phi) is 2.74. The van der Waals surface area contributed by atoms with Crippen molar-refractivity contribution < 1.29 is 9.21 Å². The highest BCUT2D eigenvalue weighted by Crippen LogP contribution is 2.22. The van der Waals surface area contributed by atoms with Crippen LogP contribution in [0.3, 0.4) is 0 Å². The highest BCUT2D eigenvalue weighted by atomic mass is 16.4. The van der Waals surface area contributed by atoms with Gasteiger partial charge in [0, 0.05) is 18.5 Å². The molecule has 1 aliphatic heterocycles. The van der Waals surface area contributed by atoms with Crippen LogP contribution in [0.2, 0.25) is 0 Å². The van der Waals surface area contributed by atoms with Crippen LogP contribution in [0, 0.1) is 6.92 Å². The lowest BCUT2D eigenvalue weighted by Crippen LogP contribution is -2.35. The monoisotopic (exact) mass is 257 g/mol. The van der Waals surface area contributed by atoms with E-state index < -0.39 is 0 Å². The number of nitrogens with zero attached hydrogens (tertiary/aromatic N) is 2. The third-order valence-corrected chi connectivity index (χ3v) is 3.30. The summed E-state index contributed by atoms with van der Waals surface area (Å²) in [5.41, 5.74) is 8.18. The summed E-state index contributed by atoms with van der Waals surface area (Å²) in [5, 5.41) is 0. The van der Waals surface area contributed by atoms with Crippen LogP contribution >= 0.6 is 0 Å². The number of amides is 1. The zero-order valence-corrected chi connectivity index (χ0v) is 10.7. The molecule has 0 fully saturated rings. The number of hydrogen-bond acceptors (Lipinski definition) is 4. The van der Waals surface area contributed by atoms with E-state index in [1.54, 1.807) is 4.90 Å². The molecule has 98 valence electrons. The molecule has 0 spiro atoms. The number of hydrogen-bond donors (Lipinski definition) is 1. The summed E-state index contributed by atoms with van der Waals surface area (Å²) in [6, 6.07) is 7.77. The maximum atomic E-state index is 12.4. The maximum Gasteiger partial charge on any atom is 0.292 e. The Hall–Kier alpha value is -2.30. The molecule has 0 unspecified atom stereocenters. The molecule has 19 heavy (non-hydrogen) atoms. The fourth-order valence-electron chi connectivity index (χ4n) is 2.35. The molecule has 5 heteroatoms. The Bertz CT molecular complexity index is 633.